The lowest BCUT2D eigenvalue weighted by Gasteiger charge is -1.99. The van der Waals surface area contributed by atoms with Gasteiger partial charge < -0.3 is 5.11 Å². The lowest BCUT2D eigenvalue weighted by Crippen LogP contribution is -2.25. The molecule has 4 heteroatoms. The van der Waals surface area contributed by atoms with Gasteiger partial charge in [-0.05, 0) is 18.1 Å². The largest absolute Gasteiger partial charge is 0.476 e. The Morgan fingerprint density at radius 3 is 2.36 bits per heavy atom. The Kier molecular flexibility index (Phi) is 2.82. The van der Waals surface area contributed by atoms with Crippen molar-refractivity contribution in [3.8, 4) is 11.8 Å². The van der Waals surface area contributed by atoms with Crippen LogP contribution in [0, 0.1) is 11.8 Å². The number of hydrogen-bond donors (Lipinski definition) is 1. The van der Waals surface area contributed by atoms with Crippen molar-refractivity contribution in [3.05, 3.63) is 35.9 Å². The molecule has 2 nitrogen and oxygen atoms in total. The van der Waals surface area contributed by atoms with E-state index in [1.54, 1.807) is 18.2 Å². The van der Waals surface area contributed by atoms with Crippen LogP contribution in [-0.2, 0) is 4.79 Å². The average Bonchev–Trinajstić information content (AvgIpc) is 2.16. The summed E-state index contributed by atoms with van der Waals surface area (Å²) in [7, 11) is 0. The molecule has 0 atom stereocenters. The Balaban J connectivity index is 2.89. The molecule has 1 aromatic rings. The van der Waals surface area contributed by atoms with Gasteiger partial charge in [0.15, 0.2) is 0 Å². The van der Waals surface area contributed by atoms with Crippen LogP contribution in [0.5, 0.6) is 0 Å². The summed E-state index contributed by atoms with van der Waals surface area (Å²) in [6.07, 6.45) is 0. The highest BCUT2D eigenvalue weighted by molar-refractivity contribution is 5.79. The van der Waals surface area contributed by atoms with Crippen molar-refractivity contribution >= 4 is 5.97 Å². The molecule has 0 saturated heterocycles. The zero-order valence-corrected chi connectivity index (χ0v) is 7.00. The number of halogens is 2. The van der Waals surface area contributed by atoms with Gasteiger partial charge in [-0.1, -0.05) is 24.1 Å². The monoisotopic (exact) mass is 196 g/mol. The Labute approximate surface area is 79.2 Å². The molecule has 0 saturated carbocycles. The van der Waals surface area contributed by atoms with E-state index in [1.165, 1.54) is 18.1 Å². The van der Waals surface area contributed by atoms with Crippen LogP contribution in [-0.4, -0.2) is 17.0 Å². The summed E-state index contributed by atoms with van der Waals surface area (Å²) in [6, 6.07) is 8.00. The molecule has 72 valence electrons. The molecule has 0 radical (unpaired) electrons. The van der Waals surface area contributed by atoms with E-state index in [1.807, 2.05) is 0 Å². The smallest absolute Gasteiger partial charge is 0.403 e. The maximum absolute atomic E-state index is 12.5. The van der Waals surface area contributed by atoms with Crippen molar-refractivity contribution < 1.29 is 18.7 Å². The van der Waals surface area contributed by atoms with Gasteiger partial charge in [0.05, 0.1) is 0 Å². The van der Waals surface area contributed by atoms with Gasteiger partial charge in [0, 0.05) is 5.56 Å². The lowest BCUT2D eigenvalue weighted by atomic mass is 10.2. The van der Waals surface area contributed by atoms with E-state index >= 15 is 0 Å². The van der Waals surface area contributed by atoms with E-state index in [9.17, 15) is 13.6 Å². The van der Waals surface area contributed by atoms with Crippen LogP contribution in [0.15, 0.2) is 30.3 Å². The van der Waals surface area contributed by atoms with Crippen molar-refractivity contribution in [1.82, 2.24) is 0 Å². The molecular weight excluding hydrogens is 190 g/mol. The summed E-state index contributed by atoms with van der Waals surface area (Å²) in [4.78, 5) is 9.99. The number of hydrogen-bond acceptors (Lipinski definition) is 1. The predicted octanol–water partition coefficient (Wildman–Crippen LogP) is 1.76. The highest BCUT2D eigenvalue weighted by Crippen LogP contribution is 2.11. The van der Waals surface area contributed by atoms with Crippen molar-refractivity contribution in [3.63, 3.8) is 0 Å². The first-order valence-electron chi connectivity index (χ1n) is 3.72. The highest BCUT2D eigenvalue weighted by Gasteiger charge is 2.36. The zero-order chi connectivity index (χ0) is 10.6. The molecule has 0 heterocycles. The van der Waals surface area contributed by atoms with Crippen LogP contribution >= 0.6 is 0 Å². The Morgan fingerprint density at radius 1 is 1.29 bits per heavy atom. The van der Waals surface area contributed by atoms with Crippen molar-refractivity contribution in [2.24, 2.45) is 0 Å². The molecule has 0 amide bonds. The zero-order valence-electron chi connectivity index (χ0n) is 7.00. The minimum Gasteiger partial charge on any atom is -0.476 e. The number of carboxylic acids is 1. The number of alkyl halides is 2. The van der Waals surface area contributed by atoms with Crippen molar-refractivity contribution in [1.29, 1.82) is 0 Å². The second kappa shape index (κ2) is 3.88. The Morgan fingerprint density at radius 2 is 1.86 bits per heavy atom. The average molecular weight is 196 g/mol. The molecule has 0 bridgehead atoms. The summed E-state index contributed by atoms with van der Waals surface area (Å²) in [6.45, 7) is 0. The van der Waals surface area contributed by atoms with Gasteiger partial charge in [-0.3, -0.25) is 0 Å². The Hall–Kier alpha value is -1.89. The summed E-state index contributed by atoms with van der Waals surface area (Å²) in [5, 5.41) is 8.07. The van der Waals surface area contributed by atoms with Gasteiger partial charge in [-0.2, -0.15) is 8.78 Å². The van der Waals surface area contributed by atoms with Gasteiger partial charge in [-0.15, -0.1) is 0 Å². The summed E-state index contributed by atoms with van der Waals surface area (Å²) in [5.41, 5.74) is 0.355. The molecule has 0 aliphatic carbocycles. The Bertz CT molecular complexity index is 388. The SMILES string of the molecule is O=C(O)C(F)(F)C#Cc1ccccc1. The van der Waals surface area contributed by atoms with Gasteiger partial charge in [0.1, 0.15) is 0 Å². The second-order valence-electron chi connectivity index (χ2n) is 2.50. The molecule has 0 unspecified atom stereocenters. The van der Waals surface area contributed by atoms with E-state index in [-0.39, 0.29) is 0 Å². The minimum absolute atomic E-state index is 0.355. The third kappa shape index (κ3) is 2.56. The first-order valence-corrected chi connectivity index (χ1v) is 3.72. The molecule has 0 aliphatic heterocycles. The summed E-state index contributed by atoms with van der Waals surface area (Å²) >= 11 is 0. The first kappa shape index (κ1) is 10.2. The normalized spacial score (nSPS) is 10.1. The fraction of sp³-hybridized carbons (Fsp3) is 0.100. The van der Waals surface area contributed by atoms with Crippen LogP contribution in [0.3, 0.4) is 0 Å². The van der Waals surface area contributed by atoms with Crippen molar-refractivity contribution in [2.75, 3.05) is 0 Å². The van der Waals surface area contributed by atoms with E-state index in [0.717, 1.165) is 0 Å². The highest BCUT2D eigenvalue weighted by atomic mass is 19.3. The van der Waals surface area contributed by atoms with Crippen LogP contribution < -0.4 is 0 Å². The quantitative estimate of drug-likeness (QED) is 0.695. The first-order chi connectivity index (χ1) is 6.52. The topological polar surface area (TPSA) is 37.3 Å². The van der Waals surface area contributed by atoms with Gasteiger partial charge >= 0.3 is 11.9 Å². The minimum atomic E-state index is -3.99. The third-order valence-electron chi connectivity index (χ3n) is 1.41. The van der Waals surface area contributed by atoms with Crippen LogP contribution in [0.25, 0.3) is 0 Å². The molecule has 0 spiro atoms. The van der Waals surface area contributed by atoms with E-state index in [0.29, 0.717) is 5.56 Å². The molecule has 0 fully saturated rings. The fourth-order valence-electron chi connectivity index (χ4n) is 0.726. The van der Waals surface area contributed by atoms with Gasteiger partial charge in [-0.25, -0.2) is 4.79 Å². The maximum atomic E-state index is 12.5. The molecule has 0 aliphatic rings. The molecule has 14 heavy (non-hydrogen) atoms. The summed E-state index contributed by atoms with van der Waals surface area (Å²) in [5.74, 6) is -2.75. The fourth-order valence-corrected chi connectivity index (χ4v) is 0.726. The predicted molar refractivity (Wildman–Crippen MR) is 45.9 cm³/mol. The number of benzene rings is 1. The van der Waals surface area contributed by atoms with E-state index < -0.39 is 11.9 Å². The number of carboxylic acid groups (broad SMARTS) is 1. The van der Waals surface area contributed by atoms with Crippen LogP contribution in [0.2, 0.25) is 0 Å². The lowest BCUT2D eigenvalue weighted by molar-refractivity contribution is -0.156. The van der Waals surface area contributed by atoms with Crippen molar-refractivity contribution in [2.45, 2.75) is 5.92 Å². The third-order valence-corrected chi connectivity index (χ3v) is 1.41. The molecule has 1 N–H and O–H groups in total. The molecule has 1 rings (SSSR count). The summed E-state index contributed by atoms with van der Waals surface area (Å²) < 4.78 is 24.9. The van der Waals surface area contributed by atoms with Gasteiger partial charge in [0.25, 0.3) is 0 Å². The molecular formula is C10H6F2O2. The van der Waals surface area contributed by atoms with Crippen LogP contribution in [0.1, 0.15) is 5.56 Å². The number of aliphatic carboxylic acids is 1. The maximum Gasteiger partial charge on any atom is 0.403 e. The number of carbonyl (C=O) groups is 1. The van der Waals surface area contributed by atoms with Crippen LogP contribution in [0.4, 0.5) is 8.78 Å². The molecule has 1 aromatic carbocycles. The number of rotatable bonds is 1. The second-order valence-corrected chi connectivity index (χ2v) is 2.50. The van der Waals surface area contributed by atoms with E-state index in [4.69, 9.17) is 5.11 Å². The molecule has 0 aromatic heterocycles. The standard InChI is InChI=1S/C10H6F2O2/c11-10(12,9(13)14)7-6-8-4-2-1-3-5-8/h1-5H,(H,13,14). The van der Waals surface area contributed by atoms with Gasteiger partial charge in [0.2, 0.25) is 0 Å². The van der Waals surface area contributed by atoms with E-state index in [2.05, 4.69) is 5.92 Å².